The van der Waals surface area contributed by atoms with Crippen molar-refractivity contribution in [3.05, 3.63) is 29.8 Å². The standard InChI is InChI=1S/C15H23N3O3/c1-10(2)8-13(18-15(16)20)14(19)17-9-11-4-6-12(21-3)7-5-11/h4-7,10,13H,8-9H2,1-3H3,(H,17,19)(H3,16,18,20)/t13-/m0/s1. The zero-order valence-electron chi connectivity index (χ0n) is 12.7. The number of nitrogens with one attached hydrogen (secondary N) is 2. The highest BCUT2D eigenvalue weighted by Gasteiger charge is 2.20. The number of rotatable bonds is 7. The average molecular weight is 293 g/mol. The van der Waals surface area contributed by atoms with E-state index in [0.717, 1.165) is 11.3 Å². The van der Waals surface area contributed by atoms with Gasteiger partial charge in [-0.2, -0.15) is 0 Å². The molecule has 0 aliphatic carbocycles. The van der Waals surface area contributed by atoms with Crippen LogP contribution in [0.1, 0.15) is 25.8 Å². The van der Waals surface area contributed by atoms with Crippen molar-refractivity contribution in [3.63, 3.8) is 0 Å². The van der Waals surface area contributed by atoms with Crippen LogP contribution in [0.15, 0.2) is 24.3 Å². The molecule has 3 amide bonds. The molecule has 0 spiro atoms. The number of methoxy groups -OCH3 is 1. The van der Waals surface area contributed by atoms with Gasteiger partial charge in [-0.15, -0.1) is 0 Å². The first-order valence-corrected chi connectivity index (χ1v) is 6.89. The molecule has 0 bridgehead atoms. The highest BCUT2D eigenvalue weighted by Crippen LogP contribution is 2.11. The normalized spacial score (nSPS) is 11.8. The van der Waals surface area contributed by atoms with Gasteiger partial charge in [0.2, 0.25) is 5.91 Å². The number of ether oxygens (including phenoxy) is 1. The van der Waals surface area contributed by atoms with Crippen LogP contribution in [0.25, 0.3) is 0 Å². The SMILES string of the molecule is COc1ccc(CNC(=O)[C@H](CC(C)C)NC(N)=O)cc1. The molecule has 6 heteroatoms. The van der Waals surface area contributed by atoms with Gasteiger partial charge in [0.05, 0.1) is 7.11 Å². The van der Waals surface area contributed by atoms with E-state index in [0.29, 0.717) is 13.0 Å². The monoisotopic (exact) mass is 293 g/mol. The molecule has 0 heterocycles. The van der Waals surface area contributed by atoms with Crippen molar-refractivity contribution in [1.82, 2.24) is 10.6 Å². The summed E-state index contributed by atoms with van der Waals surface area (Å²) in [4.78, 5) is 23.1. The molecule has 21 heavy (non-hydrogen) atoms. The maximum atomic E-state index is 12.1. The summed E-state index contributed by atoms with van der Waals surface area (Å²) in [6.07, 6.45) is 0.539. The van der Waals surface area contributed by atoms with Gasteiger partial charge >= 0.3 is 6.03 Å². The molecule has 0 aliphatic rings. The van der Waals surface area contributed by atoms with Crippen LogP contribution in [0.3, 0.4) is 0 Å². The Hall–Kier alpha value is -2.24. The number of hydrogen-bond acceptors (Lipinski definition) is 3. The van der Waals surface area contributed by atoms with E-state index in [4.69, 9.17) is 10.5 Å². The van der Waals surface area contributed by atoms with Crippen molar-refractivity contribution in [1.29, 1.82) is 0 Å². The van der Waals surface area contributed by atoms with Gasteiger partial charge in [0.1, 0.15) is 11.8 Å². The predicted octanol–water partition coefficient (Wildman–Crippen LogP) is 1.39. The summed E-state index contributed by atoms with van der Waals surface area (Å²) in [6.45, 7) is 4.34. The van der Waals surface area contributed by atoms with Crippen LogP contribution in [0.4, 0.5) is 4.79 Å². The second-order valence-corrected chi connectivity index (χ2v) is 5.26. The van der Waals surface area contributed by atoms with Crippen molar-refractivity contribution in [2.75, 3.05) is 7.11 Å². The Labute approximate surface area is 125 Å². The smallest absolute Gasteiger partial charge is 0.312 e. The summed E-state index contributed by atoms with van der Waals surface area (Å²) in [5.74, 6) is 0.796. The van der Waals surface area contributed by atoms with E-state index >= 15 is 0 Å². The van der Waals surface area contributed by atoms with Gasteiger partial charge in [0.15, 0.2) is 0 Å². The van der Waals surface area contributed by atoms with Gasteiger partial charge in [-0.25, -0.2) is 4.79 Å². The zero-order valence-corrected chi connectivity index (χ0v) is 12.7. The molecule has 116 valence electrons. The molecule has 0 saturated carbocycles. The van der Waals surface area contributed by atoms with Crippen molar-refractivity contribution < 1.29 is 14.3 Å². The van der Waals surface area contributed by atoms with Gasteiger partial charge in [-0.3, -0.25) is 4.79 Å². The lowest BCUT2D eigenvalue weighted by Gasteiger charge is -2.19. The Morgan fingerprint density at radius 1 is 1.24 bits per heavy atom. The van der Waals surface area contributed by atoms with Crippen LogP contribution < -0.4 is 21.1 Å². The van der Waals surface area contributed by atoms with Gasteiger partial charge in [0.25, 0.3) is 0 Å². The average Bonchev–Trinajstić information content (AvgIpc) is 2.43. The Balaban J connectivity index is 2.57. The van der Waals surface area contributed by atoms with E-state index < -0.39 is 12.1 Å². The maximum absolute atomic E-state index is 12.1. The number of benzene rings is 1. The summed E-state index contributed by atoms with van der Waals surface area (Å²) >= 11 is 0. The van der Waals surface area contributed by atoms with E-state index in [9.17, 15) is 9.59 Å². The van der Waals surface area contributed by atoms with E-state index in [1.165, 1.54) is 0 Å². The minimum Gasteiger partial charge on any atom is -0.497 e. The first-order chi connectivity index (χ1) is 9.92. The van der Waals surface area contributed by atoms with Crippen LogP contribution in [0.2, 0.25) is 0 Å². The fourth-order valence-corrected chi connectivity index (χ4v) is 1.93. The fraction of sp³-hybridized carbons (Fsp3) is 0.467. The van der Waals surface area contributed by atoms with Crippen LogP contribution >= 0.6 is 0 Å². The number of urea groups is 1. The van der Waals surface area contributed by atoms with Crippen LogP contribution in [-0.2, 0) is 11.3 Å². The van der Waals surface area contributed by atoms with Crippen LogP contribution in [0, 0.1) is 5.92 Å². The Kier molecular flexibility index (Phi) is 6.52. The van der Waals surface area contributed by atoms with Gasteiger partial charge in [-0.05, 0) is 30.0 Å². The minimum atomic E-state index is -0.694. The largest absolute Gasteiger partial charge is 0.497 e. The first-order valence-electron chi connectivity index (χ1n) is 6.89. The molecule has 0 radical (unpaired) electrons. The van der Waals surface area contributed by atoms with Crippen molar-refractivity contribution >= 4 is 11.9 Å². The molecule has 4 N–H and O–H groups in total. The first kappa shape index (κ1) is 16.8. The lowest BCUT2D eigenvalue weighted by atomic mass is 10.0. The number of hydrogen-bond donors (Lipinski definition) is 3. The summed E-state index contributed by atoms with van der Waals surface area (Å²) < 4.78 is 5.07. The van der Waals surface area contributed by atoms with Crippen molar-refractivity contribution in [2.45, 2.75) is 32.9 Å². The van der Waals surface area contributed by atoms with E-state index in [1.54, 1.807) is 7.11 Å². The number of carbonyl (C=O) groups excluding carboxylic acids is 2. The molecular weight excluding hydrogens is 270 g/mol. The van der Waals surface area contributed by atoms with Crippen molar-refractivity contribution in [3.8, 4) is 5.75 Å². The van der Waals surface area contributed by atoms with Gasteiger partial charge < -0.3 is 21.1 Å². The van der Waals surface area contributed by atoms with E-state index in [2.05, 4.69) is 10.6 Å². The van der Waals surface area contributed by atoms with E-state index in [-0.39, 0.29) is 11.8 Å². The third-order valence-electron chi connectivity index (χ3n) is 2.97. The Bertz CT molecular complexity index is 472. The molecule has 1 aromatic rings. The molecule has 0 aromatic heterocycles. The number of carbonyl (C=O) groups is 2. The quantitative estimate of drug-likeness (QED) is 0.709. The second-order valence-electron chi connectivity index (χ2n) is 5.26. The van der Waals surface area contributed by atoms with E-state index in [1.807, 2.05) is 38.1 Å². The minimum absolute atomic E-state index is 0.238. The summed E-state index contributed by atoms with van der Waals surface area (Å²) in [5, 5.41) is 5.27. The third kappa shape index (κ3) is 6.16. The summed E-state index contributed by atoms with van der Waals surface area (Å²) in [7, 11) is 1.60. The fourth-order valence-electron chi connectivity index (χ4n) is 1.93. The molecule has 1 rings (SSSR count). The topological polar surface area (TPSA) is 93.4 Å². The number of amides is 3. The molecule has 1 aromatic carbocycles. The molecular formula is C15H23N3O3. The molecule has 0 aliphatic heterocycles. The summed E-state index contributed by atoms with van der Waals surface area (Å²) in [5.41, 5.74) is 6.05. The maximum Gasteiger partial charge on any atom is 0.312 e. The molecule has 1 atom stereocenters. The zero-order chi connectivity index (χ0) is 15.8. The molecule has 0 saturated heterocycles. The second kappa shape index (κ2) is 8.14. The number of nitrogens with two attached hydrogens (primary N) is 1. The predicted molar refractivity (Wildman–Crippen MR) is 80.8 cm³/mol. The van der Waals surface area contributed by atoms with Gasteiger partial charge in [-0.1, -0.05) is 26.0 Å². The van der Waals surface area contributed by atoms with Gasteiger partial charge in [0, 0.05) is 6.54 Å². The lowest BCUT2D eigenvalue weighted by Crippen LogP contribution is -2.48. The Morgan fingerprint density at radius 3 is 2.33 bits per heavy atom. The highest BCUT2D eigenvalue weighted by atomic mass is 16.5. The van der Waals surface area contributed by atoms with Crippen molar-refractivity contribution in [2.24, 2.45) is 11.7 Å². The third-order valence-corrected chi connectivity index (χ3v) is 2.97. The van der Waals surface area contributed by atoms with Crippen LogP contribution in [0.5, 0.6) is 5.75 Å². The molecule has 6 nitrogen and oxygen atoms in total. The number of primary amides is 1. The molecule has 0 unspecified atom stereocenters. The lowest BCUT2D eigenvalue weighted by molar-refractivity contribution is -0.123. The summed E-state index contributed by atoms with van der Waals surface area (Å²) in [6, 6.07) is 6.10. The molecule has 0 fully saturated rings. The highest BCUT2D eigenvalue weighted by molar-refractivity contribution is 5.86. The van der Waals surface area contributed by atoms with Crippen LogP contribution in [-0.4, -0.2) is 25.1 Å². The Morgan fingerprint density at radius 2 is 1.86 bits per heavy atom.